The minimum Gasteiger partial charge on any atom is -0.371 e. The fourth-order valence-electron chi connectivity index (χ4n) is 3.42. The summed E-state index contributed by atoms with van der Waals surface area (Å²) in [4.78, 5) is 7.23. The van der Waals surface area contributed by atoms with Crippen LogP contribution in [0.5, 0.6) is 0 Å². The second-order valence-electron chi connectivity index (χ2n) is 6.19. The maximum atomic E-state index is 6.35. The summed E-state index contributed by atoms with van der Waals surface area (Å²) in [6.07, 6.45) is 2.56. The van der Waals surface area contributed by atoms with Gasteiger partial charge in [0.15, 0.2) is 0 Å². The van der Waals surface area contributed by atoms with Gasteiger partial charge in [0, 0.05) is 40.4 Å². The Morgan fingerprint density at radius 1 is 1.00 bits per heavy atom. The Kier molecular flexibility index (Phi) is 3.70. The number of halogens is 1. The number of pyridine rings is 1. The number of aryl methyl sites for hydroxylation is 1. The average molecular weight is 323 g/mol. The highest BCUT2D eigenvalue weighted by Gasteiger charge is 2.16. The molecule has 0 N–H and O–H groups in total. The molecule has 2 nitrogen and oxygen atoms in total. The van der Waals surface area contributed by atoms with Crippen molar-refractivity contribution >= 4 is 28.2 Å². The van der Waals surface area contributed by atoms with Crippen molar-refractivity contribution < 1.29 is 0 Å². The van der Waals surface area contributed by atoms with Crippen molar-refractivity contribution in [2.75, 3.05) is 18.0 Å². The van der Waals surface area contributed by atoms with Crippen molar-refractivity contribution in [2.45, 2.75) is 19.8 Å². The summed E-state index contributed by atoms with van der Waals surface area (Å²) in [7, 11) is 0. The van der Waals surface area contributed by atoms with Crippen molar-refractivity contribution in [3.63, 3.8) is 0 Å². The molecule has 1 aliphatic heterocycles. The zero-order valence-corrected chi connectivity index (χ0v) is 14.0. The Morgan fingerprint density at radius 2 is 1.78 bits per heavy atom. The lowest BCUT2D eigenvalue weighted by molar-refractivity contribution is 0.949. The second-order valence-corrected chi connectivity index (χ2v) is 6.60. The highest BCUT2D eigenvalue weighted by Crippen LogP contribution is 2.34. The molecule has 3 aromatic rings. The topological polar surface area (TPSA) is 16.1 Å². The van der Waals surface area contributed by atoms with Crippen molar-refractivity contribution in [3.8, 4) is 11.1 Å². The van der Waals surface area contributed by atoms with Crippen LogP contribution in [-0.4, -0.2) is 18.1 Å². The number of rotatable bonds is 2. The molecule has 2 aromatic carbocycles. The Balaban J connectivity index is 1.88. The van der Waals surface area contributed by atoms with E-state index < -0.39 is 0 Å². The van der Waals surface area contributed by atoms with Gasteiger partial charge in [-0.05, 0) is 43.5 Å². The van der Waals surface area contributed by atoms with Crippen LogP contribution >= 0.6 is 11.6 Å². The van der Waals surface area contributed by atoms with Gasteiger partial charge in [-0.25, -0.2) is 0 Å². The van der Waals surface area contributed by atoms with E-state index in [1.54, 1.807) is 0 Å². The molecular weight excluding hydrogens is 304 g/mol. The quantitative estimate of drug-likeness (QED) is 0.622. The maximum absolute atomic E-state index is 6.35. The molecule has 0 aliphatic carbocycles. The standard InChI is InChI=1S/C20H19ClN2/c1-14-12-20(23-10-4-5-11-23)17-9-8-15(13-19(17)22-14)16-6-2-3-7-18(16)21/h2-3,6-9,12-13H,4-5,10-11H2,1H3. The smallest absolute Gasteiger partial charge is 0.0732 e. The Morgan fingerprint density at radius 3 is 2.57 bits per heavy atom. The molecule has 0 saturated carbocycles. The minimum atomic E-state index is 0.777. The molecule has 0 radical (unpaired) electrons. The first-order valence-corrected chi connectivity index (χ1v) is 8.51. The Hall–Kier alpha value is -2.06. The normalized spacial score (nSPS) is 14.6. The summed E-state index contributed by atoms with van der Waals surface area (Å²) in [6.45, 7) is 4.36. The number of anilines is 1. The van der Waals surface area contributed by atoms with E-state index in [4.69, 9.17) is 16.6 Å². The fourth-order valence-corrected chi connectivity index (χ4v) is 3.67. The van der Waals surface area contributed by atoms with Gasteiger partial charge in [-0.2, -0.15) is 0 Å². The van der Waals surface area contributed by atoms with E-state index in [1.165, 1.54) is 23.9 Å². The summed E-state index contributed by atoms with van der Waals surface area (Å²) in [5, 5.41) is 2.01. The van der Waals surface area contributed by atoms with E-state index in [0.717, 1.165) is 40.4 Å². The monoisotopic (exact) mass is 322 g/mol. The molecule has 23 heavy (non-hydrogen) atoms. The number of hydrogen-bond acceptors (Lipinski definition) is 2. The van der Waals surface area contributed by atoms with Crippen LogP contribution in [-0.2, 0) is 0 Å². The van der Waals surface area contributed by atoms with Crippen molar-refractivity contribution in [1.29, 1.82) is 0 Å². The lowest BCUT2D eigenvalue weighted by atomic mass is 10.0. The lowest BCUT2D eigenvalue weighted by Gasteiger charge is -2.20. The van der Waals surface area contributed by atoms with Gasteiger partial charge >= 0.3 is 0 Å². The predicted molar refractivity (Wildman–Crippen MR) is 98.4 cm³/mol. The molecule has 3 heteroatoms. The summed E-state index contributed by atoms with van der Waals surface area (Å²) in [5.74, 6) is 0. The van der Waals surface area contributed by atoms with Crippen molar-refractivity contribution in [1.82, 2.24) is 4.98 Å². The highest BCUT2D eigenvalue weighted by molar-refractivity contribution is 6.33. The van der Waals surface area contributed by atoms with E-state index in [0.29, 0.717) is 0 Å². The van der Waals surface area contributed by atoms with E-state index in [1.807, 2.05) is 18.2 Å². The van der Waals surface area contributed by atoms with Gasteiger partial charge in [-0.3, -0.25) is 4.98 Å². The van der Waals surface area contributed by atoms with Gasteiger partial charge < -0.3 is 4.90 Å². The molecule has 1 aromatic heterocycles. The Bertz CT molecular complexity index is 867. The van der Waals surface area contributed by atoms with E-state index in [9.17, 15) is 0 Å². The van der Waals surface area contributed by atoms with Crippen molar-refractivity contribution in [2.24, 2.45) is 0 Å². The molecule has 1 fully saturated rings. The first-order valence-electron chi connectivity index (χ1n) is 8.13. The minimum absolute atomic E-state index is 0.777. The van der Waals surface area contributed by atoms with Crippen LogP contribution in [0.3, 0.4) is 0 Å². The molecule has 116 valence electrons. The van der Waals surface area contributed by atoms with Crippen LogP contribution in [0.25, 0.3) is 22.0 Å². The van der Waals surface area contributed by atoms with Gasteiger partial charge in [0.25, 0.3) is 0 Å². The third kappa shape index (κ3) is 2.68. The van der Waals surface area contributed by atoms with Gasteiger partial charge in [0.05, 0.1) is 5.52 Å². The first-order chi connectivity index (χ1) is 11.2. The van der Waals surface area contributed by atoms with Crippen LogP contribution in [0.4, 0.5) is 5.69 Å². The van der Waals surface area contributed by atoms with Crippen LogP contribution in [0.1, 0.15) is 18.5 Å². The summed E-state index contributed by atoms with van der Waals surface area (Å²) in [6, 6.07) is 16.7. The zero-order valence-electron chi connectivity index (χ0n) is 13.2. The number of benzene rings is 2. The van der Waals surface area contributed by atoms with Crippen LogP contribution in [0, 0.1) is 6.92 Å². The molecule has 4 rings (SSSR count). The third-order valence-corrected chi connectivity index (χ3v) is 4.88. The predicted octanol–water partition coefficient (Wildman–Crippen LogP) is 5.46. The zero-order chi connectivity index (χ0) is 15.8. The molecular formula is C20H19ClN2. The fraction of sp³-hybridized carbons (Fsp3) is 0.250. The van der Waals surface area contributed by atoms with E-state index >= 15 is 0 Å². The number of nitrogens with zero attached hydrogens (tertiary/aromatic N) is 2. The molecule has 0 bridgehead atoms. The summed E-state index contributed by atoms with van der Waals surface area (Å²) in [5.41, 5.74) is 5.60. The summed E-state index contributed by atoms with van der Waals surface area (Å²) >= 11 is 6.35. The molecule has 2 heterocycles. The molecule has 0 atom stereocenters. The van der Waals surface area contributed by atoms with E-state index in [-0.39, 0.29) is 0 Å². The van der Waals surface area contributed by atoms with Crippen LogP contribution in [0.15, 0.2) is 48.5 Å². The van der Waals surface area contributed by atoms with Gasteiger partial charge in [0.2, 0.25) is 0 Å². The largest absolute Gasteiger partial charge is 0.371 e. The van der Waals surface area contributed by atoms with Crippen LogP contribution in [0.2, 0.25) is 5.02 Å². The van der Waals surface area contributed by atoms with Gasteiger partial charge in [0.1, 0.15) is 0 Å². The van der Waals surface area contributed by atoms with E-state index in [2.05, 4.69) is 42.2 Å². The number of hydrogen-bond donors (Lipinski definition) is 0. The van der Waals surface area contributed by atoms with Gasteiger partial charge in [-0.1, -0.05) is 41.9 Å². The Labute approximate surface area is 141 Å². The van der Waals surface area contributed by atoms with Crippen LogP contribution < -0.4 is 4.90 Å². The molecule has 1 saturated heterocycles. The molecule has 0 amide bonds. The second kappa shape index (κ2) is 5.86. The molecule has 0 spiro atoms. The SMILES string of the molecule is Cc1cc(N2CCCC2)c2ccc(-c3ccccc3Cl)cc2n1. The lowest BCUT2D eigenvalue weighted by Crippen LogP contribution is -2.18. The first kappa shape index (κ1) is 14.5. The number of aromatic nitrogens is 1. The third-order valence-electron chi connectivity index (χ3n) is 4.55. The highest BCUT2D eigenvalue weighted by atomic mass is 35.5. The summed E-state index contributed by atoms with van der Waals surface area (Å²) < 4.78 is 0. The average Bonchev–Trinajstić information content (AvgIpc) is 3.08. The maximum Gasteiger partial charge on any atom is 0.0732 e. The molecule has 0 unspecified atom stereocenters. The van der Waals surface area contributed by atoms with Gasteiger partial charge in [-0.15, -0.1) is 0 Å². The number of fused-ring (bicyclic) bond motifs is 1. The molecule has 1 aliphatic rings. The van der Waals surface area contributed by atoms with Crippen molar-refractivity contribution in [3.05, 3.63) is 59.2 Å².